The van der Waals surface area contributed by atoms with E-state index in [1.807, 2.05) is 36.4 Å². The molecule has 2 aromatic rings. The minimum atomic E-state index is -0.145. The third-order valence-corrected chi connectivity index (χ3v) is 11.7. The number of allylic oxidation sites excluding steroid dienone is 2. The molecular weight excluding hydrogens is 536 g/mol. The van der Waals surface area contributed by atoms with E-state index in [1.54, 1.807) is 0 Å². The molecule has 2 aromatic carbocycles. The largest absolute Gasteiger partial charge is 0.376 e. The van der Waals surface area contributed by atoms with Crippen LogP contribution in [0.2, 0.25) is 0 Å². The summed E-state index contributed by atoms with van der Waals surface area (Å²) in [5.74, 6) is 2.12. The Kier molecular flexibility index (Phi) is 6.57. The molecule has 0 aromatic heterocycles. The van der Waals surface area contributed by atoms with Crippen molar-refractivity contribution in [2.45, 2.75) is 58.4 Å². The van der Waals surface area contributed by atoms with Gasteiger partial charge >= 0.3 is 0 Å². The van der Waals surface area contributed by atoms with Gasteiger partial charge in [0, 0.05) is 37.0 Å². The summed E-state index contributed by atoms with van der Waals surface area (Å²) < 4.78 is 0.803. The van der Waals surface area contributed by atoms with E-state index >= 15 is 0 Å². The lowest BCUT2D eigenvalue weighted by Gasteiger charge is -2.60. The third-order valence-electron chi connectivity index (χ3n) is 10.9. The summed E-state index contributed by atoms with van der Waals surface area (Å²) in [4.78, 5) is 29.0. The van der Waals surface area contributed by atoms with Gasteiger partial charge in [0.1, 0.15) is 0 Å². The lowest BCUT2D eigenvalue weighted by Crippen LogP contribution is -2.58. The summed E-state index contributed by atoms with van der Waals surface area (Å²) in [5.41, 5.74) is 3.49. The number of likely N-dealkylation sites (tertiary alicyclic amines) is 1. The lowest BCUT2D eigenvalue weighted by atomic mass is 9.49. The van der Waals surface area contributed by atoms with Gasteiger partial charge in [-0.1, -0.05) is 74.5 Å². The molecular formula is C33H39BrN2O2. The van der Waals surface area contributed by atoms with Crippen LogP contribution < -0.4 is 5.32 Å². The van der Waals surface area contributed by atoms with E-state index in [0.717, 1.165) is 54.3 Å². The molecule has 1 aliphatic heterocycles. The van der Waals surface area contributed by atoms with Gasteiger partial charge in [-0.2, -0.15) is 0 Å². The first kappa shape index (κ1) is 25.9. The van der Waals surface area contributed by atoms with Crippen molar-refractivity contribution in [2.75, 3.05) is 13.6 Å². The molecule has 0 unspecified atom stereocenters. The first-order valence-corrected chi connectivity index (χ1v) is 15.1. The minimum absolute atomic E-state index is 0.00329. The first-order chi connectivity index (χ1) is 18.2. The second-order valence-electron chi connectivity index (χ2n) is 12.7. The number of Topliss-reactive ketones (excluding diaryl/α,β-unsaturated/α-hetero) is 1. The molecule has 1 N–H and O–H groups in total. The molecule has 1 saturated heterocycles. The van der Waals surface area contributed by atoms with Gasteiger partial charge in [0.25, 0.3) is 0 Å². The maximum atomic E-state index is 14.1. The van der Waals surface area contributed by atoms with Crippen LogP contribution >= 0.6 is 15.9 Å². The van der Waals surface area contributed by atoms with Crippen LogP contribution in [0.15, 0.2) is 70.8 Å². The number of fused-ring (bicyclic) bond motifs is 5. The number of hydrogen-bond acceptors (Lipinski definition) is 3. The fourth-order valence-corrected chi connectivity index (χ4v) is 9.97. The Morgan fingerprint density at radius 3 is 2.21 bits per heavy atom. The van der Waals surface area contributed by atoms with Crippen molar-refractivity contribution in [3.05, 3.63) is 82.0 Å². The summed E-state index contributed by atoms with van der Waals surface area (Å²) in [5, 5.41) is 3.49. The number of nitrogens with one attached hydrogen (secondary N) is 1. The van der Waals surface area contributed by atoms with E-state index < -0.39 is 0 Å². The number of benzene rings is 2. The Bertz CT molecular complexity index is 1220. The number of piperidine rings is 1. The fourth-order valence-electron chi connectivity index (χ4n) is 9.01. The topological polar surface area (TPSA) is 49.4 Å². The SMILES string of the molecule is CN1C[C@H]2[C@@H]3CC[C@H](C(=O)NC(c4ccccc4)c4ccccc4)[C@@]3(C)CC[C@@H]2[C@@]2(C)CCC(=O)C(Br)=C12. The van der Waals surface area contributed by atoms with Gasteiger partial charge in [0.15, 0.2) is 5.78 Å². The van der Waals surface area contributed by atoms with Crippen LogP contribution in [0.4, 0.5) is 0 Å². The number of carbonyl (C=O) groups is 2. The van der Waals surface area contributed by atoms with Crippen molar-refractivity contribution in [1.29, 1.82) is 0 Å². The van der Waals surface area contributed by atoms with E-state index in [9.17, 15) is 9.59 Å². The Labute approximate surface area is 235 Å². The van der Waals surface area contributed by atoms with Crippen LogP contribution in [0.25, 0.3) is 0 Å². The first-order valence-electron chi connectivity index (χ1n) is 14.3. The van der Waals surface area contributed by atoms with Crippen molar-refractivity contribution in [3.63, 3.8) is 0 Å². The molecule has 3 fully saturated rings. The zero-order chi connectivity index (χ0) is 26.7. The van der Waals surface area contributed by atoms with Gasteiger partial charge in [-0.05, 0) is 82.3 Å². The molecule has 4 aliphatic rings. The van der Waals surface area contributed by atoms with E-state index in [4.69, 9.17) is 0 Å². The molecule has 0 spiro atoms. The molecule has 1 amide bonds. The highest BCUT2D eigenvalue weighted by Gasteiger charge is 2.61. The molecule has 2 saturated carbocycles. The zero-order valence-electron chi connectivity index (χ0n) is 22.8. The van der Waals surface area contributed by atoms with Crippen LogP contribution in [0.3, 0.4) is 0 Å². The third kappa shape index (κ3) is 3.99. The lowest BCUT2D eigenvalue weighted by molar-refractivity contribution is -0.134. The molecule has 38 heavy (non-hydrogen) atoms. The van der Waals surface area contributed by atoms with Gasteiger partial charge in [-0.3, -0.25) is 9.59 Å². The average Bonchev–Trinajstić information content (AvgIpc) is 3.28. The summed E-state index contributed by atoms with van der Waals surface area (Å²) in [7, 11) is 2.17. The molecule has 6 atom stereocenters. The predicted molar refractivity (Wildman–Crippen MR) is 154 cm³/mol. The van der Waals surface area contributed by atoms with Crippen molar-refractivity contribution in [1.82, 2.24) is 10.2 Å². The molecule has 3 aliphatic carbocycles. The van der Waals surface area contributed by atoms with E-state index in [2.05, 4.69) is 71.3 Å². The Hall–Kier alpha value is -2.40. The van der Waals surface area contributed by atoms with Crippen molar-refractivity contribution in [2.24, 2.45) is 34.5 Å². The number of nitrogens with zero attached hydrogens (tertiary/aromatic N) is 1. The highest BCUT2D eigenvalue weighted by Crippen LogP contribution is 2.66. The normalized spacial score (nSPS) is 34.6. The maximum Gasteiger partial charge on any atom is 0.224 e. The van der Waals surface area contributed by atoms with Crippen LogP contribution in [0.5, 0.6) is 0 Å². The van der Waals surface area contributed by atoms with Gasteiger partial charge in [-0.15, -0.1) is 0 Å². The summed E-state index contributed by atoms with van der Waals surface area (Å²) in [6.07, 6.45) is 5.84. The van der Waals surface area contributed by atoms with E-state index in [0.29, 0.717) is 24.2 Å². The molecule has 6 rings (SSSR count). The molecule has 4 nitrogen and oxygen atoms in total. The second-order valence-corrected chi connectivity index (χ2v) is 13.5. The summed E-state index contributed by atoms with van der Waals surface area (Å²) >= 11 is 3.68. The number of carbonyl (C=O) groups excluding carboxylic acids is 2. The van der Waals surface area contributed by atoms with Gasteiger partial charge in [0.05, 0.1) is 10.5 Å². The molecule has 1 heterocycles. The maximum absolute atomic E-state index is 14.1. The number of ketones is 1. The smallest absolute Gasteiger partial charge is 0.224 e. The van der Waals surface area contributed by atoms with Crippen molar-refractivity contribution >= 4 is 27.6 Å². The van der Waals surface area contributed by atoms with Crippen LogP contribution in [0.1, 0.15) is 69.5 Å². The van der Waals surface area contributed by atoms with E-state index in [-0.39, 0.29) is 34.5 Å². The Morgan fingerprint density at radius 1 is 0.947 bits per heavy atom. The van der Waals surface area contributed by atoms with Crippen LogP contribution in [0, 0.1) is 34.5 Å². The molecule has 0 radical (unpaired) electrons. The van der Waals surface area contributed by atoms with Gasteiger partial charge in [-0.25, -0.2) is 0 Å². The highest BCUT2D eigenvalue weighted by atomic mass is 79.9. The number of hydrogen-bond donors (Lipinski definition) is 1. The zero-order valence-corrected chi connectivity index (χ0v) is 24.3. The predicted octanol–water partition coefficient (Wildman–Crippen LogP) is 6.87. The quantitative estimate of drug-likeness (QED) is 0.433. The second kappa shape index (κ2) is 9.66. The highest BCUT2D eigenvalue weighted by molar-refractivity contribution is 9.12. The van der Waals surface area contributed by atoms with Gasteiger partial charge in [0.2, 0.25) is 5.91 Å². The molecule has 0 bridgehead atoms. The monoisotopic (exact) mass is 574 g/mol. The number of amides is 1. The fraction of sp³-hybridized carbons (Fsp3) is 0.515. The van der Waals surface area contributed by atoms with Gasteiger partial charge < -0.3 is 10.2 Å². The standard InChI is InChI=1S/C33H39BrN2O2/c1-32-18-16-25-23(20-36(3)30-28(34)27(37)17-19-33(25,30)2)24(32)14-15-26(32)31(38)35-29(21-10-6-4-7-11-21)22-12-8-5-9-13-22/h4-13,23-26,29H,14-20H2,1-3H3,(H,35,38)/t23-,24-,25-,26+,32-,33+/m0/s1. The van der Waals surface area contributed by atoms with Crippen LogP contribution in [-0.2, 0) is 9.59 Å². The minimum Gasteiger partial charge on any atom is -0.376 e. The van der Waals surface area contributed by atoms with Crippen molar-refractivity contribution < 1.29 is 9.59 Å². The Balaban J connectivity index is 1.27. The average molecular weight is 576 g/mol. The Morgan fingerprint density at radius 2 is 1.58 bits per heavy atom. The van der Waals surface area contributed by atoms with E-state index in [1.165, 1.54) is 5.70 Å². The molecule has 5 heteroatoms. The van der Waals surface area contributed by atoms with Crippen LogP contribution in [-0.4, -0.2) is 30.2 Å². The van der Waals surface area contributed by atoms with Crippen molar-refractivity contribution in [3.8, 4) is 0 Å². The summed E-state index contributed by atoms with van der Waals surface area (Å²) in [6.45, 7) is 5.78. The molecule has 200 valence electrons. The summed E-state index contributed by atoms with van der Waals surface area (Å²) in [6, 6.07) is 20.5. The number of halogens is 1. The number of rotatable bonds is 4.